The molecule has 0 radical (unpaired) electrons. The molecule has 0 bridgehead atoms. The van der Waals surface area contributed by atoms with Crippen LogP contribution in [0.1, 0.15) is 36.1 Å². The highest BCUT2D eigenvalue weighted by Gasteiger charge is 2.11. The van der Waals surface area contributed by atoms with E-state index in [2.05, 4.69) is 46.0 Å². The first-order valence-electron chi connectivity index (χ1n) is 6.38. The zero-order chi connectivity index (χ0) is 13.0. The number of ether oxygens (including phenoxy) is 1. The molecule has 0 aliphatic rings. The van der Waals surface area contributed by atoms with Gasteiger partial charge in [-0.05, 0) is 83.0 Å². The van der Waals surface area contributed by atoms with Crippen LogP contribution < -0.4 is 10.1 Å². The Labute approximate surface area is 105 Å². The molecule has 96 valence electrons. The average Bonchev–Trinajstić information content (AvgIpc) is 2.25. The van der Waals surface area contributed by atoms with Crippen LogP contribution in [0.25, 0.3) is 0 Å². The van der Waals surface area contributed by atoms with Crippen LogP contribution in [0, 0.1) is 20.8 Å². The minimum Gasteiger partial charge on any atom is -0.491 e. The highest BCUT2D eigenvalue weighted by atomic mass is 16.5. The summed E-state index contributed by atoms with van der Waals surface area (Å²) in [5.41, 5.74) is 5.43. The van der Waals surface area contributed by atoms with Gasteiger partial charge in [0.25, 0.3) is 0 Å². The Morgan fingerprint density at radius 3 is 2.35 bits per heavy atom. The number of hydrogen-bond acceptors (Lipinski definition) is 2. The van der Waals surface area contributed by atoms with Crippen LogP contribution in [0.3, 0.4) is 0 Å². The molecule has 1 aromatic carbocycles. The van der Waals surface area contributed by atoms with Crippen LogP contribution >= 0.6 is 0 Å². The topological polar surface area (TPSA) is 21.3 Å². The molecule has 0 aliphatic heterocycles. The lowest BCUT2D eigenvalue weighted by atomic mass is 9.95. The molecule has 0 saturated carbocycles. The van der Waals surface area contributed by atoms with Gasteiger partial charge in [-0.15, -0.1) is 0 Å². The van der Waals surface area contributed by atoms with Crippen LogP contribution in [-0.4, -0.2) is 19.7 Å². The van der Waals surface area contributed by atoms with E-state index in [9.17, 15) is 0 Å². The molecule has 0 aliphatic carbocycles. The van der Waals surface area contributed by atoms with Gasteiger partial charge in [0, 0.05) is 0 Å². The van der Waals surface area contributed by atoms with Gasteiger partial charge in [-0.2, -0.15) is 0 Å². The molecule has 1 aromatic rings. The fourth-order valence-corrected chi connectivity index (χ4v) is 2.11. The molecule has 0 spiro atoms. The third kappa shape index (κ3) is 3.47. The van der Waals surface area contributed by atoms with Gasteiger partial charge >= 0.3 is 0 Å². The van der Waals surface area contributed by atoms with E-state index in [0.717, 1.165) is 18.7 Å². The van der Waals surface area contributed by atoms with Crippen LogP contribution in [-0.2, 0) is 6.42 Å². The van der Waals surface area contributed by atoms with Crippen molar-refractivity contribution in [3.63, 3.8) is 0 Å². The number of nitrogens with one attached hydrogen (secondary N) is 1. The summed E-state index contributed by atoms with van der Waals surface area (Å²) in [5, 5.41) is 3.21. The second kappa shape index (κ2) is 6.06. The summed E-state index contributed by atoms with van der Waals surface area (Å²) in [4.78, 5) is 0. The molecule has 0 amide bonds. The number of likely N-dealkylation sites (N-methyl/N-ethyl adjacent to an activating group) is 1. The van der Waals surface area contributed by atoms with Gasteiger partial charge in [-0.3, -0.25) is 0 Å². The fraction of sp³-hybridized carbons (Fsp3) is 0.600. The first-order chi connectivity index (χ1) is 7.97. The average molecular weight is 235 g/mol. The van der Waals surface area contributed by atoms with Gasteiger partial charge in [0.1, 0.15) is 5.75 Å². The number of benzene rings is 1. The highest BCUT2D eigenvalue weighted by Crippen LogP contribution is 2.28. The minimum atomic E-state index is 0.232. The van der Waals surface area contributed by atoms with E-state index in [1.54, 1.807) is 0 Å². The van der Waals surface area contributed by atoms with Crippen molar-refractivity contribution in [1.82, 2.24) is 5.32 Å². The predicted molar refractivity (Wildman–Crippen MR) is 74.0 cm³/mol. The van der Waals surface area contributed by atoms with E-state index in [-0.39, 0.29) is 6.10 Å². The Bertz CT molecular complexity index is 383. The van der Waals surface area contributed by atoms with Gasteiger partial charge < -0.3 is 10.1 Å². The maximum atomic E-state index is 5.85. The molecule has 1 rings (SSSR count). The maximum absolute atomic E-state index is 5.85. The van der Waals surface area contributed by atoms with Crippen LogP contribution in [0.5, 0.6) is 5.75 Å². The minimum absolute atomic E-state index is 0.232. The summed E-state index contributed by atoms with van der Waals surface area (Å²) < 4.78 is 5.85. The summed E-state index contributed by atoms with van der Waals surface area (Å²) in [6.45, 7) is 11.7. The normalized spacial score (nSPS) is 11.0. The molecule has 17 heavy (non-hydrogen) atoms. The number of aryl methyl sites for hydroxylation is 1. The summed E-state index contributed by atoms with van der Waals surface area (Å²) >= 11 is 0. The number of hydrogen-bond donors (Lipinski definition) is 1. The van der Waals surface area contributed by atoms with E-state index < -0.39 is 0 Å². The molecule has 2 heteroatoms. The van der Waals surface area contributed by atoms with Crippen molar-refractivity contribution in [3.05, 3.63) is 28.3 Å². The zero-order valence-electron chi connectivity index (χ0n) is 12.0. The van der Waals surface area contributed by atoms with Crippen molar-refractivity contribution in [3.8, 4) is 5.75 Å². The largest absolute Gasteiger partial charge is 0.491 e. The third-order valence-electron chi connectivity index (χ3n) is 3.20. The Morgan fingerprint density at radius 2 is 1.82 bits per heavy atom. The van der Waals surface area contributed by atoms with Crippen molar-refractivity contribution in [2.24, 2.45) is 0 Å². The first kappa shape index (κ1) is 14.0. The second-order valence-corrected chi connectivity index (χ2v) is 4.94. The van der Waals surface area contributed by atoms with E-state index in [0.29, 0.717) is 0 Å². The van der Waals surface area contributed by atoms with E-state index in [1.807, 2.05) is 7.05 Å². The van der Waals surface area contributed by atoms with Gasteiger partial charge in [0.2, 0.25) is 0 Å². The van der Waals surface area contributed by atoms with E-state index >= 15 is 0 Å². The molecule has 0 atom stereocenters. The summed E-state index contributed by atoms with van der Waals surface area (Å²) in [6, 6.07) is 2.17. The van der Waals surface area contributed by atoms with E-state index in [1.165, 1.54) is 22.3 Å². The molecule has 0 fully saturated rings. The van der Waals surface area contributed by atoms with E-state index in [4.69, 9.17) is 4.74 Å². The molecule has 1 N–H and O–H groups in total. The Morgan fingerprint density at radius 1 is 1.18 bits per heavy atom. The number of rotatable bonds is 5. The Kier molecular flexibility index (Phi) is 5.01. The fourth-order valence-electron chi connectivity index (χ4n) is 2.11. The van der Waals surface area contributed by atoms with Crippen molar-refractivity contribution < 1.29 is 4.74 Å². The lowest BCUT2D eigenvalue weighted by Crippen LogP contribution is -2.13. The van der Waals surface area contributed by atoms with Gasteiger partial charge in [0.15, 0.2) is 0 Å². The van der Waals surface area contributed by atoms with Crippen LogP contribution in [0.2, 0.25) is 0 Å². The first-order valence-corrected chi connectivity index (χ1v) is 6.38. The van der Waals surface area contributed by atoms with Crippen molar-refractivity contribution >= 4 is 0 Å². The monoisotopic (exact) mass is 235 g/mol. The van der Waals surface area contributed by atoms with Crippen LogP contribution in [0.15, 0.2) is 6.07 Å². The Balaban J connectivity index is 3.08. The standard InChI is InChI=1S/C15H25NO/c1-10(2)17-15-9-11(3)14(7-8-16-6)12(4)13(15)5/h9-10,16H,7-8H2,1-6H3. The molecule has 0 aromatic heterocycles. The second-order valence-electron chi connectivity index (χ2n) is 4.94. The lowest BCUT2D eigenvalue weighted by molar-refractivity contribution is 0.240. The SMILES string of the molecule is CNCCc1c(C)cc(OC(C)C)c(C)c1C. The summed E-state index contributed by atoms with van der Waals surface area (Å²) in [6.07, 6.45) is 1.31. The Hall–Kier alpha value is -1.02. The highest BCUT2D eigenvalue weighted by molar-refractivity contribution is 5.48. The maximum Gasteiger partial charge on any atom is 0.123 e. The molecular formula is C15H25NO. The lowest BCUT2D eigenvalue weighted by Gasteiger charge is -2.19. The van der Waals surface area contributed by atoms with Crippen molar-refractivity contribution in [2.75, 3.05) is 13.6 Å². The quantitative estimate of drug-likeness (QED) is 0.846. The predicted octanol–water partition coefficient (Wildman–Crippen LogP) is 3.16. The third-order valence-corrected chi connectivity index (χ3v) is 3.20. The van der Waals surface area contributed by atoms with Crippen LogP contribution in [0.4, 0.5) is 0 Å². The van der Waals surface area contributed by atoms with Crippen molar-refractivity contribution in [2.45, 2.75) is 47.1 Å². The molecule has 0 saturated heterocycles. The molecule has 0 heterocycles. The molecule has 2 nitrogen and oxygen atoms in total. The van der Waals surface area contributed by atoms with Gasteiger partial charge in [-0.1, -0.05) is 0 Å². The van der Waals surface area contributed by atoms with Crippen molar-refractivity contribution in [1.29, 1.82) is 0 Å². The molecule has 0 unspecified atom stereocenters. The zero-order valence-corrected chi connectivity index (χ0v) is 12.0. The molecular weight excluding hydrogens is 210 g/mol. The van der Waals surface area contributed by atoms with Gasteiger partial charge in [-0.25, -0.2) is 0 Å². The van der Waals surface area contributed by atoms with Gasteiger partial charge in [0.05, 0.1) is 6.10 Å². The summed E-state index contributed by atoms with van der Waals surface area (Å²) in [7, 11) is 1.99. The summed E-state index contributed by atoms with van der Waals surface area (Å²) in [5.74, 6) is 1.03. The smallest absolute Gasteiger partial charge is 0.123 e.